The molecule has 0 bridgehead atoms. The first-order valence-corrected chi connectivity index (χ1v) is 6.63. The van der Waals surface area contributed by atoms with E-state index in [2.05, 4.69) is 5.43 Å². The summed E-state index contributed by atoms with van der Waals surface area (Å²) in [5.74, 6) is 6.10. The van der Waals surface area contributed by atoms with Gasteiger partial charge in [0.15, 0.2) is 0 Å². The molecule has 0 aromatic heterocycles. The Bertz CT molecular complexity index is 394. The number of benzene rings is 1. The number of nitrogens with one attached hydrogen (secondary N) is 1. The van der Waals surface area contributed by atoms with Gasteiger partial charge in [-0.2, -0.15) is 13.2 Å². The van der Waals surface area contributed by atoms with Gasteiger partial charge in [-0.3, -0.25) is 11.3 Å². The SMILES string of the molecule is NNC(Cc1ccc(C(F)(F)F)cc1)C1CCCC1. The van der Waals surface area contributed by atoms with Crippen molar-refractivity contribution in [3.8, 4) is 0 Å². The van der Waals surface area contributed by atoms with Crippen molar-refractivity contribution in [1.29, 1.82) is 0 Å². The molecule has 1 aliphatic carbocycles. The molecule has 1 fully saturated rings. The Morgan fingerprint density at radius 3 is 2.21 bits per heavy atom. The van der Waals surface area contributed by atoms with Crippen molar-refractivity contribution in [2.45, 2.75) is 44.3 Å². The van der Waals surface area contributed by atoms with Crippen LogP contribution >= 0.6 is 0 Å². The molecule has 3 N–H and O–H groups in total. The van der Waals surface area contributed by atoms with Crippen molar-refractivity contribution in [2.75, 3.05) is 0 Å². The summed E-state index contributed by atoms with van der Waals surface area (Å²) in [6, 6.07) is 5.51. The maximum Gasteiger partial charge on any atom is 0.416 e. The molecule has 0 radical (unpaired) electrons. The van der Waals surface area contributed by atoms with E-state index in [1.54, 1.807) is 12.1 Å². The fraction of sp³-hybridized carbons (Fsp3) is 0.571. The fourth-order valence-electron chi connectivity index (χ4n) is 2.81. The molecule has 1 unspecified atom stereocenters. The van der Waals surface area contributed by atoms with Gasteiger partial charge >= 0.3 is 6.18 Å². The predicted molar refractivity (Wildman–Crippen MR) is 68.2 cm³/mol. The molecule has 0 heterocycles. The summed E-state index contributed by atoms with van der Waals surface area (Å²) < 4.78 is 37.4. The third kappa shape index (κ3) is 3.70. The first kappa shape index (κ1) is 14.3. The topological polar surface area (TPSA) is 38.0 Å². The molecule has 0 amide bonds. The van der Waals surface area contributed by atoms with Crippen LogP contribution in [-0.2, 0) is 12.6 Å². The van der Waals surface area contributed by atoms with Crippen LogP contribution in [-0.4, -0.2) is 6.04 Å². The lowest BCUT2D eigenvalue weighted by atomic mass is 9.92. The molecule has 1 saturated carbocycles. The Hall–Kier alpha value is -1.07. The van der Waals surface area contributed by atoms with Gasteiger partial charge in [0.05, 0.1) is 5.56 Å². The maximum absolute atomic E-state index is 12.5. The van der Waals surface area contributed by atoms with Crippen LogP contribution in [0, 0.1) is 5.92 Å². The van der Waals surface area contributed by atoms with Gasteiger partial charge in [0.1, 0.15) is 0 Å². The van der Waals surface area contributed by atoms with Crippen LogP contribution in [0.3, 0.4) is 0 Å². The Kier molecular flexibility index (Phi) is 4.47. The molecular formula is C14H19F3N2. The van der Waals surface area contributed by atoms with Gasteiger partial charge in [-0.05, 0) is 42.9 Å². The smallest absolute Gasteiger partial charge is 0.271 e. The Morgan fingerprint density at radius 1 is 1.16 bits per heavy atom. The Balaban J connectivity index is 2.01. The molecule has 5 heteroatoms. The third-order valence-corrected chi connectivity index (χ3v) is 3.92. The van der Waals surface area contributed by atoms with E-state index in [9.17, 15) is 13.2 Å². The standard InChI is InChI=1S/C14H19F3N2/c15-14(16,17)12-7-5-10(6-8-12)9-13(19-18)11-3-1-2-4-11/h5-8,11,13,19H,1-4,9,18H2. The number of nitrogens with two attached hydrogens (primary N) is 1. The summed E-state index contributed by atoms with van der Waals surface area (Å²) in [5.41, 5.74) is 3.10. The molecule has 0 aliphatic heterocycles. The maximum atomic E-state index is 12.5. The Morgan fingerprint density at radius 2 is 1.74 bits per heavy atom. The van der Waals surface area contributed by atoms with Crippen molar-refractivity contribution in [2.24, 2.45) is 11.8 Å². The van der Waals surface area contributed by atoms with Gasteiger partial charge in [0.2, 0.25) is 0 Å². The predicted octanol–water partition coefficient (Wildman–Crippen LogP) is 3.27. The molecule has 19 heavy (non-hydrogen) atoms. The van der Waals surface area contributed by atoms with Crippen LogP contribution < -0.4 is 11.3 Å². The molecule has 1 aliphatic rings. The van der Waals surface area contributed by atoms with Crippen molar-refractivity contribution in [3.63, 3.8) is 0 Å². The van der Waals surface area contributed by atoms with Crippen LogP contribution in [0.4, 0.5) is 13.2 Å². The number of hydrogen-bond acceptors (Lipinski definition) is 2. The van der Waals surface area contributed by atoms with Crippen molar-refractivity contribution in [3.05, 3.63) is 35.4 Å². The number of hydrazine groups is 1. The lowest BCUT2D eigenvalue weighted by Gasteiger charge is -2.22. The van der Waals surface area contributed by atoms with Crippen LogP contribution in [0.2, 0.25) is 0 Å². The highest BCUT2D eigenvalue weighted by Gasteiger charge is 2.30. The fourth-order valence-corrected chi connectivity index (χ4v) is 2.81. The average molecular weight is 272 g/mol. The van der Waals surface area contributed by atoms with Gasteiger partial charge < -0.3 is 0 Å². The van der Waals surface area contributed by atoms with E-state index >= 15 is 0 Å². The van der Waals surface area contributed by atoms with Crippen molar-refractivity contribution < 1.29 is 13.2 Å². The molecule has 0 saturated heterocycles. The van der Waals surface area contributed by atoms with E-state index < -0.39 is 11.7 Å². The number of halogens is 3. The van der Waals surface area contributed by atoms with Crippen LogP contribution in [0.25, 0.3) is 0 Å². The van der Waals surface area contributed by atoms with Gasteiger partial charge in [0, 0.05) is 6.04 Å². The zero-order valence-electron chi connectivity index (χ0n) is 10.7. The van der Waals surface area contributed by atoms with Gasteiger partial charge in [-0.25, -0.2) is 0 Å². The molecule has 106 valence electrons. The highest BCUT2D eigenvalue weighted by atomic mass is 19.4. The minimum atomic E-state index is -4.27. The van der Waals surface area contributed by atoms with Gasteiger partial charge in [-0.1, -0.05) is 25.0 Å². The second kappa shape index (κ2) is 5.92. The zero-order valence-corrected chi connectivity index (χ0v) is 10.7. The molecule has 1 aromatic rings. The lowest BCUT2D eigenvalue weighted by molar-refractivity contribution is -0.137. The summed E-state index contributed by atoms with van der Waals surface area (Å²) in [6.07, 6.45) is 1.14. The van der Waals surface area contributed by atoms with E-state index in [1.807, 2.05) is 0 Å². The number of hydrogen-bond donors (Lipinski definition) is 2. The Labute approximate surface area is 111 Å². The molecule has 2 rings (SSSR count). The summed E-state index contributed by atoms with van der Waals surface area (Å²) in [7, 11) is 0. The summed E-state index contributed by atoms with van der Waals surface area (Å²) in [6.45, 7) is 0. The molecule has 2 nitrogen and oxygen atoms in total. The van der Waals surface area contributed by atoms with E-state index in [0.717, 1.165) is 30.5 Å². The van der Waals surface area contributed by atoms with E-state index in [4.69, 9.17) is 5.84 Å². The largest absolute Gasteiger partial charge is 0.416 e. The first-order valence-electron chi connectivity index (χ1n) is 6.63. The highest BCUT2D eigenvalue weighted by molar-refractivity contribution is 5.25. The van der Waals surface area contributed by atoms with E-state index in [1.165, 1.54) is 12.8 Å². The van der Waals surface area contributed by atoms with Crippen LogP contribution in [0.15, 0.2) is 24.3 Å². The van der Waals surface area contributed by atoms with Gasteiger partial charge in [0.25, 0.3) is 0 Å². The van der Waals surface area contributed by atoms with E-state index in [0.29, 0.717) is 12.3 Å². The lowest BCUT2D eigenvalue weighted by Crippen LogP contribution is -2.41. The monoisotopic (exact) mass is 272 g/mol. The minimum Gasteiger partial charge on any atom is -0.271 e. The first-order chi connectivity index (χ1) is 9.00. The zero-order chi connectivity index (χ0) is 13.9. The molecule has 1 aromatic carbocycles. The quantitative estimate of drug-likeness (QED) is 0.652. The third-order valence-electron chi connectivity index (χ3n) is 3.92. The molecular weight excluding hydrogens is 253 g/mol. The second-order valence-corrected chi connectivity index (χ2v) is 5.22. The van der Waals surface area contributed by atoms with Crippen LogP contribution in [0.1, 0.15) is 36.8 Å². The van der Waals surface area contributed by atoms with Crippen LogP contribution in [0.5, 0.6) is 0 Å². The summed E-state index contributed by atoms with van der Waals surface area (Å²) >= 11 is 0. The summed E-state index contributed by atoms with van der Waals surface area (Å²) in [5, 5.41) is 0. The second-order valence-electron chi connectivity index (χ2n) is 5.22. The average Bonchev–Trinajstić information content (AvgIpc) is 2.89. The van der Waals surface area contributed by atoms with Crippen molar-refractivity contribution >= 4 is 0 Å². The molecule has 1 atom stereocenters. The van der Waals surface area contributed by atoms with Crippen molar-refractivity contribution in [1.82, 2.24) is 5.43 Å². The van der Waals surface area contributed by atoms with E-state index in [-0.39, 0.29) is 6.04 Å². The number of alkyl halides is 3. The normalized spacial score (nSPS) is 18.7. The van der Waals surface area contributed by atoms with Gasteiger partial charge in [-0.15, -0.1) is 0 Å². The summed E-state index contributed by atoms with van der Waals surface area (Å²) in [4.78, 5) is 0. The molecule has 0 spiro atoms. The minimum absolute atomic E-state index is 0.152. The highest BCUT2D eigenvalue weighted by Crippen LogP contribution is 2.31. The number of rotatable bonds is 4.